The van der Waals surface area contributed by atoms with Crippen molar-refractivity contribution < 1.29 is 28.9 Å². The number of aryl methyl sites for hydroxylation is 1. The highest BCUT2D eigenvalue weighted by Gasteiger charge is 2.45. The molecule has 3 aromatic rings. The first-order valence-corrected chi connectivity index (χ1v) is 13.8. The van der Waals surface area contributed by atoms with Crippen LogP contribution in [0.15, 0.2) is 12.1 Å². The van der Waals surface area contributed by atoms with Crippen LogP contribution in [0.4, 0.5) is 4.39 Å². The molecule has 2 aromatic heterocycles. The lowest BCUT2D eigenvalue weighted by Crippen LogP contribution is -2.41. The number of aliphatic hydroxyl groups excluding tert-OH is 1. The molecule has 4 aliphatic rings. The minimum absolute atomic E-state index is 0.00321. The van der Waals surface area contributed by atoms with Crippen LogP contribution in [0, 0.1) is 23.3 Å². The van der Waals surface area contributed by atoms with Crippen molar-refractivity contribution in [1.82, 2.24) is 14.9 Å². The maximum absolute atomic E-state index is 15.0. The molecule has 1 saturated carbocycles. The van der Waals surface area contributed by atoms with Gasteiger partial charge in [0.15, 0.2) is 5.60 Å². The predicted molar refractivity (Wildman–Crippen MR) is 142 cm³/mol. The number of rotatable bonds is 4. The number of fused-ring (bicyclic) bond motifs is 5. The quantitative estimate of drug-likeness (QED) is 0.262. The number of ether oxygens (including phenoxy) is 1. The lowest BCUT2D eigenvalue weighted by molar-refractivity contribution is -0.172. The van der Waals surface area contributed by atoms with Crippen molar-refractivity contribution in [3.05, 3.63) is 56.0 Å². The molecule has 2 aliphatic heterocycles. The summed E-state index contributed by atoms with van der Waals surface area (Å²) in [5, 5.41) is 25.7. The maximum Gasteiger partial charge on any atom is 0.343 e. The Hall–Kier alpha value is -3.21. The Morgan fingerprint density at radius 1 is 1.31 bits per heavy atom. The number of esters is 1. The topological polar surface area (TPSA) is 114 Å². The van der Waals surface area contributed by atoms with Gasteiger partial charge in [-0.1, -0.05) is 19.1 Å². The number of carbonyl (C=O) groups excluding carboxylic acids is 2. The molecule has 1 fully saturated rings. The normalized spacial score (nSPS) is 23.6. The molecule has 0 unspecified atom stereocenters. The van der Waals surface area contributed by atoms with Gasteiger partial charge in [0.25, 0.3) is 0 Å². The Morgan fingerprint density at radius 3 is 2.79 bits per heavy atom. The summed E-state index contributed by atoms with van der Waals surface area (Å²) in [5.41, 5.74) is 4.04. The highest BCUT2D eigenvalue weighted by atomic mass is 32.1. The molecule has 0 radical (unpaired) electrons. The van der Waals surface area contributed by atoms with E-state index in [2.05, 4.69) is 5.32 Å². The number of hydrogen-bond donors (Lipinski definition) is 3. The summed E-state index contributed by atoms with van der Waals surface area (Å²) in [7, 11) is 0. The van der Waals surface area contributed by atoms with E-state index in [4.69, 9.17) is 21.9 Å². The van der Waals surface area contributed by atoms with Crippen molar-refractivity contribution >= 4 is 35.0 Å². The molecule has 3 N–H and O–H groups in total. The Kier molecular flexibility index (Phi) is 5.34. The van der Waals surface area contributed by atoms with Gasteiger partial charge in [0.1, 0.15) is 23.2 Å². The number of pyridine rings is 2. The van der Waals surface area contributed by atoms with Gasteiger partial charge in [-0.2, -0.15) is 0 Å². The number of carbonyl (C=O) groups is 2. The summed E-state index contributed by atoms with van der Waals surface area (Å²) in [6.45, 7) is 3.82. The van der Waals surface area contributed by atoms with Gasteiger partial charge in [0.2, 0.25) is 5.91 Å². The molecule has 1 amide bonds. The van der Waals surface area contributed by atoms with Crippen LogP contribution in [0.3, 0.4) is 0 Å². The minimum Gasteiger partial charge on any atom is -0.458 e. The number of aromatic nitrogens is 2. The molecule has 0 bridgehead atoms. The molecule has 10 heteroatoms. The van der Waals surface area contributed by atoms with Gasteiger partial charge in [-0.15, -0.1) is 0 Å². The molecule has 39 heavy (non-hydrogen) atoms. The van der Waals surface area contributed by atoms with Crippen molar-refractivity contribution in [3.8, 4) is 11.4 Å². The molecule has 4 heterocycles. The number of hydrogen-bond acceptors (Lipinski definition) is 7. The van der Waals surface area contributed by atoms with Crippen molar-refractivity contribution in [2.75, 3.05) is 0 Å². The van der Waals surface area contributed by atoms with E-state index in [-0.39, 0.29) is 24.8 Å². The molecular weight excluding hydrogens is 521 g/mol. The molecule has 0 saturated heterocycles. The SMILES string of the molecule is CC[C@@]1(O)C(=O)OCc2c1cc1n(c2=S)Cc2c-1nc1cc(F)c(C)c3c1c2[C@H](NC(=O)[C@H](O)C1CC1)CC3. The maximum atomic E-state index is 15.0. The molecule has 1 aromatic carbocycles. The third-order valence-corrected chi connectivity index (χ3v) is 9.50. The Bertz CT molecular complexity index is 1700. The van der Waals surface area contributed by atoms with Gasteiger partial charge < -0.3 is 24.8 Å². The van der Waals surface area contributed by atoms with E-state index >= 15 is 4.39 Å². The summed E-state index contributed by atoms with van der Waals surface area (Å²) < 4.78 is 22.7. The molecule has 3 atom stereocenters. The second kappa shape index (κ2) is 8.39. The summed E-state index contributed by atoms with van der Waals surface area (Å²) in [5.74, 6) is -1.45. The van der Waals surface area contributed by atoms with Crippen LogP contribution in [-0.4, -0.2) is 37.7 Å². The lowest BCUT2D eigenvalue weighted by atomic mass is 9.81. The molecule has 7 rings (SSSR count). The highest BCUT2D eigenvalue weighted by Crippen LogP contribution is 2.47. The van der Waals surface area contributed by atoms with Gasteiger partial charge in [0, 0.05) is 28.1 Å². The van der Waals surface area contributed by atoms with Crippen molar-refractivity contribution in [2.24, 2.45) is 5.92 Å². The molecule has 8 nitrogen and oxygen atoms in total. The van der Waals surface area contributed by atoms with Crippen LogP contribution in [0.2, 0.25) is 0 Å². The van der Waals surface area contributed by atoms with E-state index in [1.165, 1.54) is 6.07 Å². The molecule has 0 spiro atoms. The average Bonchev–Trinajstić information content (AvgIpc) is 3.71. The molecule has 2 aliphatic carbocycles. The van der Waals surface area contributed by atoms with Crippen LogP contribution in [0.25, 0.3) is 22.3 Å². The van der Waals surface area contributed by atoms with Crippen LogP contribution >= 0.6 is 12.2 Å². The number of benzene rings is 1. The zero-order chi connectivity index (χ0) is 27.4. The number of cyclic esters (lactones) is 1. The highest BCUT2D eigenvalue weighted by molar-refractivity contribution is 7.71. The second-order valence-electron chi connectivity index (χ2n) is 11.2. The average molecular weight is 550 g/mol. The third-order valence-electron chi connectivity index (χ3n) is 9.03. The van der Waals surface area contributed by atoms with Crippen LogP contribution in [0.1, 0.15) is 72.0 Å². The molecule has 202 valence electrons. The lowest BCUT2D eigenvalue weighted by Gasteiger charge is -2.32. The third kappa shape index (κ3) is 3.41. The van der Waals surface area contributed by atoms with Crippen molar-refractivity contribution in [2.45, 2.75) is 76.9 Å². The number of amides is 1. The fourth-order valence-electron chi connectivity index (χ4n) is 6.58. The minimum atomic E-state index is -1.82. The zero-order valence-electron chi connectivity index (χ0n) is 21.6. The van der Waals surface area contributed by atoms with E-state index in [0.717, 1.165) is 34.9 Å². The summed E-state index contributed by atoms with van der Waals surface area (Å²) in [6, 6.07) is 2.79. The van der Waals surface area contributed by atoms with Gasteiger partial charge in [-0.3, -0.25) is 4.79 Å². The summed E-state index contributed by atoms with van der Waals surface area (Å²) in [6.07, 6.45) is 1.87. The fourth-order valence-corrected chi connectivity index (χ4v) is 6.91. The van der Waals surface area contributed by atoms with Crippen LogP contribution < -0.4 is 5.32 Å². The number of halogens is 1. The fraction of sp³-hybridized carbons (Fsp3) is 0.448. The van der Waals surface area contributed by atoms with Gasteiger partial charge in [-0.05, 0) is 67.7 Å². The van der Waals surface area contributed by atoms with Gasteiger partial charge in [0.05, 0.1) is 29.5 Å². The smallest absolute Gasteiger partial charge is 0.343 e. The van der Waals surface area contributed by atoms with Crippen molar-refractivity contribution in [1.29, 1.82) is 0 Å². The zero-order valence-corrected chi connectivity index (χ0v) is 22.5. The monoisotopic (exact) mass is 549 g/mol. The van der Waals surface area contributed by atoms with Gasteiger partial charge in [-0.25, -0.2) is 14.2 Å². The summed E-state index contributed by atoms with van der Waals surface area (Å²) >= 11 is 5.85. The van der Waals surface area contributed by atoms with E-state index in [1.807, 2.05) is 4.57 Å². The van der Waals surface area contributed by atoms with Crippen LogP contribution in [-0.2, 0) is 39.5 Å². The second-order valence-corrected chi connectivity index (χ2v) is 11.6. The standard InChI is InChI=1S/C29H28FN3O5S/c1-3-29(37)17-8-21-24-15(10-33(21)27(39)16(17)11-38-28(29)36)23-19(32-26(35)25(34)13-4-5-13)7-6-14-12(2)18(30)9-20(31-24)22(14)23/h8-9,13,19,25,34,37H,3-7,10-11H2,1-2H3,(H,32,35)/t19-,25-,29+/m1/s1. The van der Waals surface area contributed by atoms with Gasteiger partial charge >= 0.3 is 5.97 Å². The first-order valence-electron chi connectivity index (χ1n) is 13.4. The van der Waals surface area contributed by atoms with E-state index in [9.17, 15) is 19.8 Å². The van der Waals surface area contributed by atoms with Crippen molar-refractivity contribution in [3.63, 3.8) is 0 Å². The van der Waals surface area contributed by atoms with E-state index in [0.29, 0.717) is 57.6 Å². The van der Waals surface area contributed by atoms with E-state index in [1.54, 1.807) is 19.9 Å². The Labute approximate surface area is 228 Å². The van der Waals surface area contributed by atoms with E-state index < -0.39 is 29.6 Å². The number of nitrogens with one attached hydrogen (secondary N) is 1. The Balaban J connectivity index is 1.46. The first-order chi connectivity index (χ1) is 18.6. The first kappa shape index (κ1) is 24.8. The predicted octanol–water partition coefficient (Wildman–Crippen LogP) is 3.77. The molecular formula is C29H28FN3O5S. The number of aliphatic hydroxyl groups is 2. The summed E-state index contributed by atoms with van der Waals surface area (Å²) in [4.78, 5) is 30.5. The largest absolute Gasteiger partial charge is 0.458 e. The Morgan fingerprint density at radius 2 is 2.08 bits per heavy atom. The van der Waals surface area contributed by atoms with Crippen LogP contribution in [0.5, 0.6) is 0 Å². The number of nitrogens with zero attached hydrogens (tertiary/aromatic N) is 2.